The molecule has 0 spiro atoms. The summed E-state index contributed by atoms with van der Waals surface area (Å²) in [5, 5.41) is 4.39. The van der Waals surface area contributed by atoms with Crippen molar-refractivity contribution >= 4 is 44.2 Å². The van der Waals surface area contributed by atoms with Crippen molar-refractivity contribution in [2.75, 3.05) is 18.4 Å². The van der Waals surface area contributed by atoms with Crippen molar-refractivity contribution in [2.24, 2.45) is 5.92 Å². The summed E-state index contributed by atoms with van der Waals surface area (Å²) >= 11 is 0. The number of nitrogens with zero attached hydrogens (tertiary/aromatic N) is 1. The topological polar surface area (TPSA) is 113 Å². The maximum atomic E-state index is 13.4. The van der Waals surface area contributed by atoms with Gasteiger partial charge in [0.1, 0.15) is 5.92 Å². The van der Waals surface area contributed by atoms with Crippen LogP contribution in [0.4, 0.5) is 5.69 Å². The molecule has 4 rings (SSSR count). The minimum atomic E-state index is -4.23. The Hall–Kier alpha value is -4.50. The average Bonchev–Trinajstić information content (AvgIpc) is 2.97. The number of benzene rings is 4. The quantitative estimate of drug-likeness (QED) is 0.276. The van der Waals surface area contributed by atoms with Gasteiger partial charge in [-0.25, -0.2) is 13.1 Å². The van der Waals surface area contributed by atoms with E-state index in [9.17, 15) is 22.8 Å². The van der Waals surface area contributed by atoms with Crippen molar-refractivity contribution in [1.29, 1.82) is 0 Å². The first-order valence-electron chi connectivity index (χ1n) is 13.0. The summed E-state index contributed by atoms with van der Waals surface area (Å²) in [4.78, 5) is 40.6. The van der Waals surface area contributed by atoms with E-state index in [0.717, 1.165) is 5.39 Å². The highest BCUT2D eigenvalue weighted by atomic mass is 32.2. The van der Waals surface area contributed by atoms with Crippen LogP contribution in [0.25, 0.3) is 10.8 Å². The molecule has 0 aliphatic carbocycles. The molecule has 206 valence electrons. The second-order valence-corrected chi connectivity index (χ2v) is 10.9. The molecule has 0 aromatic heterocycles. The van der Waals surface area contributed by atoms with Crippen LogP contribution in [0.15, 0.2) is 102 Å². The van der Waals surface area contributed by atoms with Gasteiger partial charge in [0.2, 0.25) is 11.8 Å². The minimum absolute atomic E-state index is 0.0126. The van der Waals surface area contributed by atoms with E-state index in [0.29, 0.717) is 35.3 Å². The molecule has 4 aromatic rings. The van der Waals surface area contributed by atoms with Crippen LogP contribution in [0.3, 0.4) is 0 Å². The van der Waals surface area contributed by atoms with Crippen LogP contribution in [0.1, 0.15) is 29.8 Å². The Bertz CT molecular complexity index is 1620. The Labute approximate surface area is 234 Å². The first-order valence-corrected chi connectivity index (χ1v) is 14.5. The zero-order valence-electron chi connectivity index (χ0n) is 22.3. The highest BCUT2D eigenvalue weighted by Gasteiger charge is 2.33. The second kappa shape index (κ2) is 12.6. The molecule has 0 aliphatic heterocycles. The SMILES string of the molecule is CCN(CC)C(=O)C(Cc1ccc(NC(=O)c2ccccc2)cc1)C(=O)NS(=O)(=O)c1ccc2ccccc2c1. The summed E-state index contributed by atoms with van der Waals surface area (Å²) in [6.45, 7) is 4.35. The van der Waals surface area contributed by atoms with Gasteiger partial charge in [-0.3, -0.25) is 14.4 Å². The molecule has 2 N–H and O–H groups in total. The highest BCUT2D eigenvalue weighted by Crippen LogP contribution is 2.21. The van der Waals surface area contributed by atoms with Crippen LogP contribution in [0, 0.1) is 5.92 Å². The molecular formula is C31H31N3O5S. The third kappa shape index (κ3) is 6.73. The Morgan fingerprint density at radius 2 is 1.40 bits per heavy atom. The fraction of sp³-hybridized carbons (Fsp3) is 0.194. The van der Waals surface area contributed by atoms with Crippen molar-refractivity contribution in [2.45, 2.75) is 25.2 Å². The third-order valence-electron chi connectivity index (χ3n) is 6.64. The van der Waals surface area contributed by atoms with Crippen molar-refractivity contribution in [1.82, 2.24) is 9.62 Å². The molecule has 0 saturated heterocycles. The zero-order valence-corrected chi connectivity index (χ0v) is 23.1. The number of rotatable bonds is 10. The van der Waals surface area contributed by atoms with E-state index in [-0.39, 0.29) is 17.2 Å². The number of hydrogen-bond acceptors (Lipinski definition) is 5. The van der Waals surface area contributed by atoms with E-state index in [1.165, 1.54) is 17.0 Å². The summed E-state index contributed by atoms with van der Waals surface area (Å²) in [6, 6.07) is 27.4. The third-order valence-corrected chi connectivity index (χ3v) is 7.99. The van der Waals surface area contributed by atoms with Crippen molar-refractivity contribution in [3.05, 3.63) is 108 Å². The maximum absolute atomic E-state index is 13.4. The molecule has 0 aliphatic rings. The Balaban J connectivity index is 1.53. The lowest BCUT2D eigenvalue weighted by atomic mass is 9.97. The van der Waals surface area contributed by atoms with E-state index in [2.05, 4.69) is 10.0 Å². The van der Waals surface area contributed by atoms with E-state index >= 15 is 0 Å². The predicted octanol–water partition coefficient (Wildman–Crippen LogP) is 4.62. The lowest BCUT2D eigenvalue weighted by Gasteiger charge is -2.25. The first kappa shape index (κ1) is 28.5. The molecule has 9 heteroatoms. The summed E-state index contributed by atoms with van der Waals surface area (Å²) < 4.78 is 28.4. The van der Waals surface area contributed by atoms with Gasteiger partial charge in [0.25, 0.3) is 15.9 Å². The minimum Gasteiger partial charge on any atom is -0.343 e. The lowest BCUT2D eigenvalue weighted by molar-refractivity contribution is -0.141. The maximum Gasteiger partial charge on any atom is 0.264 e. The lowest BCUT2D eigenvalue weighted by Crippen LogP contribution is -2.46. The van der Waals surface area contributed by atoms with Gasteiger partial charge in [-0.15, -0.1) is 0 Å². The Morgan fingerprint density at radius 3 is 2.05 bits per heavy atom. The van der Waals surface area contributed by atoms with Gasteiger partial charge in [-0.1, -0.05) is 60.7 Å². The van der Waals surface area contributed by atoms with Gasteiger partial charge in [0.05, 0.1) is 4.90 Å². The molecule has 3 amide bonds. The molecule has 4 aromatic carbocycles. The summed E-state index contributed by atoms with van der Waals surface area (Å²) in [6.07, 6.45) is -0.0126. The van der Waals surface area contributed by atoms with Crippen molar-refractivity contribution in [3.8, 4) is 0 Å². The van der Waals surface area contributed by atoms with Crippen molar-refractivity contribution < 1.29 is 22.8 Å². The Morgan fingerprint density at radius 1 is 0.775 bits per heavy atom. The first-order chi connectivity index (χ1) is 19.2. The number of carbonyl (C=O) groups is 3. The summed E-state index contributed by atoms with van der Waals surface area (Å²) in [5.74, 6) is -2.88. The van der Waals surface area contributed by atoms with Crippen LogP contribution in [0.5, 0.6) is 0 Å². The smallest absolute Gasteiger partial charge is 0.264 e. The number of anilines is 1. The van der Waals surface area contributed by atoms with Crippen LogP contribution in [0.2, 0.25) is 0 Å². The fourth-order valence-corrected chi connectivity index (χ4v) is 5.45. The number of nitrogens with one attached hydrogen (secondary N) is 2. The molecule has 0 heterocycles. The largest absolute Gasteiger partial charge is 0.343 e. The molecule has 8 nitrogen and oxygen atoms in total. The van der Waals surface area contributed by atoms with Gasteiger partial charge in [-0.05, 0) is 73.0 Å². The van der Waals surface area contributed by atoms with Crippen LogP contribution >= 0.6 is 0 Å². The van der Waals surface area contributed by atoms with Gasteiger partial charge in [0, 0.05) is 24.3 Å². The molecule has 0 bridgehead atoms. The number of carbonyl (C=O) groups excluding carboxylic acids is 3. The van der Waals surface area contributed by atoms with Crippen LogP contribution in [-0.2, 0) is 26.0 Å². The molecule has 0 radical (unpaired) electrons. The predicted molar refractivity (Wildman–Crippen MR) is 155 cm³/mol. The number of fused-ring (bicyclic) bond motifs is 1. The highest BCUT2D eigenvalue weighted by molar-refractivity contribution is 7.90. The van der Waals surface area contributed by atoms with Gasteiger partial charge < -0.3 is 10.2 Å². The zero-order chi connectivity index (χ0) is 28.7. The van der Waals surface area contributed by atoms with Gasteiger partial charge >= 0.3 is 0 Å². The number of amides is 3. The van der Waals surface area contributed by atoms with Gasteiger partial charge in [-0.2, -0.15) is 0 Å². The van der Waals surface area contributed by atoms with Crippen molar-refractivity contribution in [3.63, 3.8) is 0 Å². The molecule has 0 fully saturated rings. The molecule has 0 saturated carbocycles. The summed E-state index contributed by atoms with van der Waals surface area (Å²) in [5.41, 5.74) is 1.70. The Kier molecular flexibility index (Phi) is 8.96. The average molecular weight is 558 g/mol. The van der Waals surface area contributed by atoms with Crippen LogP contribution in [-0.4, -0.2) is 44.1 Å². The van der Waals surface area contributed by atoms with E-state index in [1.54, 1.807) is 80.6 Å². The molecule has 40 heavy (non-hydrogen) atoms. The summed E-state index contributed by atoms with van der Waals surface area (Å²) in [7, 11) is -4.23. The molecule has 1 unspecified atom stereocenters. The normalized spacial score (nSPS) is 11.9. The van der Waals surface area contributed by atoms with E-state index in [1.807, 2.05) is 18.2 Å². The number of sulfonamides is 1. The number of hydrogen-bond donors (Lipinski definition) is 2. The van der Waals surface area contributed by atoms with Gasteiger partial charge in [0.15, 0.2) is 0 Å². The fourth-order valence-electron chi connectivity index (χ4n) is 4.40. The van der Waals surface area contributed by atoms with E-state index < -0.39 is 27.8 Å². The standard InChI is InChI=1S/C31H31N3O5S/c1-3-34(4-2)31(37)28(20-22-14-17-26(18-15-22)32-29(35)24-11-6-5-7-12-24)30(36)33-40(38,39)27-19-16-23-10-8-9-13-25(23)21-27/h5-19,21,28H,3-4,20H2,1-2H3,(H,32,35)(H,33,36). The molecule has 1 atom stereocenters. The van der Waals surface area contributed by atoms with Crippen LogP contribution < -0.4 is 10.0 Å². The second-order valence-electron chi connectivity index (χ2n) is 9.26. The monoisotopic (exact) mass is 557 g/mol. The van der Waals surface area contributed by atoms with E-state index in [4.69, 9.17) is 0 Å². The molecular weight excluding hydrogens is 526 g/mol.